The molecule has 2 fully saturated rings. The zero-order valence-corrected chi connectivity index (χ0v) is 10.2. The van der Waals surface area contributed by atoms with E-state index in [4.69, 9.17) is 0 Å². The zero-order chi connectivity index (χ0) is 11.5. The van der Waals surface area contributed by atoms with Gasteiger partial charge in [0, 0.05) is 31.9 Å². The number of piperidine rings is 1. The second-order valence-corrected chi connectivity index (χ2v) is 5.05. The van der Waals surface area contributed by atoms with Crippen LogP contribution >= 0.6 is 0 Å². The summed E-state index contributed by atoms with van der Waals surface area (Å²) in [4.78, 5) is 11.4. The molecule has 92 valence electrons. The van der Waals surface area contributed by atoms with Gasteiger partial charge in [-0.05, 0) is 38.2 Å². The van der Waals surface area contributed by atoms with Crippen molar-refractivity contribution in [3.8, 4) is 0 Å². The fourth-order valence-corrected chi connectivity index (χ4v) is 2.27. The first-order valence-electron chi connectivity index (χ1n) is 6.72. The van der Waals surface area contributed by atoms with E-state index < -0.39 is 0 Å². The summed E-state index contributed by atoms with van der Waals surface area (Å²) in [6.07, 6.45) is 8.43. The molecule has 1 aliphatic heterocycles. The van der Waals surface area contributed by atoms with Crippen molar-refractivity contribution in [2.24, 2.45) is 0 Å². The highest BCUT2D eigenvalue weighted by molar-refractivity contribution is 5.30. The van der Waals surface area contributed by atoms with E-state index in [1.807, 2.05) is 12.3 Å². The lowest BCUT2D eigenvalue weighted by Gasteiger charge is -2.26. The molecule has 2 heterocycles. The fourth-order valence-electron chi connectivity index (χ4n) is 2.27. The van der Waals surface area contributed by atoms with E-state index in [2.05, 4.69) is 20.2 Å². The Labute approximate surface area is 102 Å². The summed E-state index contributed by atoms with van der Waals surface area (Å²) in [6.45, 7) is 3.10. The summed E-state index contributed by atoms with van der Waals surface area (Å²) in [7, 11) is 0. The quantitative estimate of drug-likeness (QED) is 0.858. The van der Waals surface area contributed by atoms with Gasteiger partial charge in [-0.3, -0.25) is 0 Å². The highest BCUT2D eigenvalue weighted by atomic mass is 15.2. The van der Waals surface area contributed by atoms with Crippen molar-refractivity contribution >= 4 is 5.95 Å². The Hall–Kier alpha value is -1.16. The Morgan fingerprint density at radius 3 is 2.82 bits per heavy atom. The molecule has 0 amide bonds. The van der Waals surface area contributed by atoms with Gasteiger partial charge in [-0.1, -0.05) is 0 Å². The van der Waals surface area contributed by atoms with Gasteiger partial charge in [0.25, 0.3) is 0 Å². The summed E-state index contributed by atoms with van der Waals surface area (Å²) in [6, 6.07) is 2.76. The molecule has 1 saturated heterocycles. The Bertz CT molecular complexity index is 369. The second-order valence-electron chi connectivity index (χ2n) is 5.05. The van der Waals surface area contributed by atoms with Crippen molar-refractivity contribution in [2.45, 2.75) is 44.7 Å². The molecule has 4 heteroatoms. The van der Waals surface area contributed by atoms with Crippen LogP contribution in [0.25, 0.3) is 0 Å². The predicted octanol–water partition coefficient (Wildman–Crippen LogP) is 1.72. The Balaban J connectivity index is 1.64. The lowest BCUT2D eigenvalue weighted by Crippen LogP contribution is -2.31. The zero-order valence-electron chi connectivity index (χ0n) is 10.2. The van der Waals surface area contributed by atoms with Crippen molar-refractivity contribution in [1.29, 1.82) is 0 Å². The average Bonchev–Trinajstić information content (AvgIpc) is 3.22. The molecule has 4 nitrogen and oxygen atoms in total. The minimum atomic E-state index is 0.739. The van der Waals surface area contributed by atoms with Crippen LogP contribution in [0.5, 0.6) is 0 Å². The Morgan fingerprint density at radius 2 is 2.06 bits per heavy atom. The minimum absolute atomic E-state index is 0.739. The molecule has 1 aliphatic carbocycles. The smallest absolute Gasteiger partial charge is 0.225 e. The van der Waals surface area contributed by atoms with Gasteiger partial charge in [-0.15, -0.1) is 0 Å². The molecule has 1 aromatic heterocycles. The average molecular weight is 232 g/mol. The van der Waals surface area contributed by atoms with Crippen LogP contribution in [-0.2, 0) is 6.54 Å². The third-order valence-corrected chi connectivity index (χ3v) is 3.49. The number of nitrogens with zero attached hydrogens (tertiary/aromatic N) is 3. The van der Waals surface area contributed by atoms with Crippen molar-refractivity contribution in [1.82, 2.24) is 15.3 Å². The second kappa shape index (κ2) is 5.00. The molecule has 0 bridgehead atoms. The third kappa shape index (κ3) is 2.94. The molecule has 0 atom stereocenters. The largest absolute Gasteiger partial charge is 0.341 e. The van der Waals surface area contributed by atoms with E-state index in [0.29, 0.717) is 0 Å². The van der Waals surface area contributed by atoms with Crippen LogP contribution in [0.15, 0.2) is 12.3 Å². The summed E-state index contributed by atoms with van der Waals surface area (Å²) in [5.41, 5.74) is 1.12. The third-order valence-electron chi connectivity index (χ3n) is 3.49. The van der Waals surface area contributed by atoms with E-state index in [0.717, 1.165) is 37.3 Å². The molecule has 1 N–H and O–H groups in total. The van der Waals surface area contributed by atoms with Crippen molar-refractivity contribution in [3.63, 3.8) is 0 Å². The molecular weight excluding hydrogens is 212 g/mol. The van der Waals surface area contributed by atoms with E-state index >= 15 is 0 Å². The van der Waals surface area contributed by atoms with E-state index in [-0.39, 0.29) is 0 Å². The molecule has 0 unspecified atom stereocenters. The molecule has 0 radical (unpaired) electrons. The lowest BCUT2D eigenvalue weighted by atomic mass is 10.1. The van der Waals surface area contributed by atoms with Crippen LogP contribution < -0.4 is 10.2 Å². The molecule has 3 rings (SSSR count). The number of rotatable bonds is 4. The maximum Gasteiger partial charge on any atom is 0.225 e. The maximum absolute atomic E-state index is 4.65. The molecule has 2 aliphatic rings. The first-order chi connectivity index (χ1) is 8.42. The van der Waals surface area contributed by atoms with Gasteiger partial charge >= 0.3 is 0 Å². The maximum atomic E-state index is 4.65. The normalized spacial score (nSPS) is 20.6. The topological polar surface area (TPSA) is 41.1 Å². The lowest BCUT2D eigenvalue weighted by molar-refractivity contribution is 0.566. The molecule has 1 saturated carbocycles. The predicted molar refractivity (Wildman–Crippen MR) is 68.0 cm³/mol. The number of hydrogen-bond donors (Lipinski definition) is 1. The van der Waals surface area contributed by atoms with E-state index in [9.17, 15) is 0 Å². The van der Waals surface area contributed by atoms with Gasteiger partial charge in [0.2, 0.25) is 5.95 Å². The van der Waals surface area contributed by atoms with Gasteiger partial charge in [0.15, 0.2) is 0 Å². The van der Waals surface area contributed by atoms with E-state index in [1.54, 1.807) is 0 Å². The Kier molecular flexibility index (Phi) is 3.22. The standard InChI is InChI=1S/C13H20N4/c1-2-8-17(9-3-1)13-14-7-6-12(16-13)10-15-11-4-5-11/h6-7,11,15H,1-5,8-10H2. The summed E-state index contributed by atoms with van der Waals surface area (Å²) < 4.78 is 0. The molecule has 1 aromatic rings. The van der Waals surface area contributed by atoms with Gasteiger partial charge in [0.05, 0.1) is 5.69 Å². The summed E-state index contributed by atoms with van der Waals surface area (Å²) >= 11 is 0. The highest BCUT2D eigenvalue weighted by Crippen LogP contribution is 2.19. The van der Waals surface area contributed by atoms with Crippen LogP contribution in [0.4, 0.5) is 5.95 Å². The molecule has 17 heavy (non-hydrogen) atoms. The van der Waals surface area contributed by atoms with Crippen molar-refractivity contribution in [2.75, 3.05) is 18.0 Å². The number of anilines is 1. The van der Waals surface area contributed by atoms with Gasteiger partial charge in [-0.25, -0.2) is 9.97 Å². The fraction of sp³-hybridized carbons (Fsp3) is 0.692. The number of aromatic nitrogens is 2. The van der Waals surface area contributed by atoms with Gasteiger partial charge in [0.1, 0.15) is 0 Å². The van der Waals surface area contributed by atoms with Gasteiger partial charge < -0.3 is 10.2 Å². The Morgan fingerprint density at radius 1 is 1.24 bits per heavy atom. The van der Waals surface area contributed by atoms with E-state index in [1.165, 1.54) is 32.1 Å². The first-order valence-corrected chi connectivity index (χ1v) is 6.72. The number of nitrogens with one attached hydrogen (secondary N) is 1. The van der Waals surface area contributed by atoms with Crippen molar-refractivity contribution < 1.29 is 0 Å². The molecule has 0 aromatic carbocycles. The minimum Gasteiger partial charge on any atom is -0.341 e. The monoisotopic (exact) mass is 232 g/mol. The van der Waals surface area contributed by atoms with Crippen LogP contribution in [0.1, 0.15) is 37.8 Å². The molecular formula is C13H20N4. The highest BCUT2D eigenvalue weighted by Gasteiger charge is 2.20. The van der Waals surface area contributed by atoms with Crippen LogP contribution in [-0.4, -0.2) is 29.1 Å². The van der Waals surface area contributed by atoms with Crippen LogP contribution in [0, 0.1) is 0 Å². The van der Waals surface area contributed by atoms with Crippen LogP contribution in [0.2, 0.25) is 0 Å². The van der Waals surface area contributed by atoms with Crippen molar-refractivity contribution in [3.05, 3.63) is 18.0 Å². The van der Waals surface area contributed by atoms with Crippen LogP contribution in [0.3, 0.4) is 0 Å². The first kappa shape index (κ1) is 11.0. The molecule has 0 spiro atoms. The summed E-state index contributed by atoms with van der Waals surface area (Å²) in [5, 5.41) is 3.49. The van der Waals surface area contributed by atoms with Gasteiger partial charge in [-0.2, -0.15) is 0 Å². The number of hydrogen-bond acceptors (Lipinski definition) is 4. The summed E-state index contributed by atoms with van der Waals surface area (Å²) in [5.74, 6) is 0.916. The SMILES string of the molecule is c1cc(CNC2CC2)nc(N2CCCCC2)n1.